The molecule has 1 saturated carbocycles. The fraction of sp³-hybridized carbons (Fsp3) is 0.889. The Morgan fingerprint density at radius 1 is 1.64 bits per heavy atom. The number of rotatable bonds is 0. The lowest BCUT2D eigenvalue weighted by Gasteiger charge is -2.17. The molecule has 1 heterocycles. The van der Waals surface area contributed by atoms with Crippen molar-refractivity contribution in [1.29, 1.82) is 0 Å². The van der Waals surface area contributed by atoms with Crippen molar-refractivity contribution in [3.63, 3.8) is 0 Å². The molecular formula is C9H14O2. The Balaban J connectivity index is 2.07. The number of hydrogen-bond acceptors (Lipinski definition) is 2. The standard InChI is InChI=1S/C9H14O2/c1-7-2-3-9(4-7)5-8(10)11-6-9/h7H,2-6H2,1H3. The van der Waals surface area contributed by atoms with Crippen LogP contribution in [0.3, 0.4) is 0 Å². The first kappa shape index (κ1) is 7.14. The summed E-state index contributed by atoms with van der Waals surface area (Å²) in [5, 5.41) is 0. The molecule has 0 aromatic heterocycles. The van der Waals surface area contributed by atoms with E-state index < -0.39 is 0 Å². The van der Waals surface area contributed by atoms with Gasteiger partial charge in [-0.1, -0.05) is 13.3 Å². The highest BCUT2D eigenvalue weighted by Gasteiger charge is 2.44. The maximum absolute atomic E-state index is 10.9. The zero-order chi connectivity index (χ0) is 7.90. The fourth-order valence-corrected chi connectivity index (χ4v) is 2.43. The number of esters is 1. The second kappa shape index (κ2) is 2.23. The largest absolute Gasteiger partial charge is 0.465 e. The number of carbonyl (C=O) groups is 1. The number of hydrogen-bond donors (Lipinski definition) is 0. The third-order valence-electron chi connectivity index (χ3n) is 3.01. The van der Waals surface area contributed by atoms with Gasteiger partial charge in [-0.3, -0.25) is 4.79 Å². The summed E-state index contributed by atoms with van der Waals surface area (Å²) >= 11 is 0. The first-order valence-corrected chi connectivity index (χ1v) is 4.36. The smallest absolute Gasteiger partial charge is 0.306 e. The second-order valence-corrected chi connectivity index (χ2v) is 4.19. The van der Waals surface area contributed by atoms with Crippen molar-refractivity contribution < 1.29 is 9.53 Å². The van der Waals surface area contributed by atoms with Crippen LogP contribution in [0.4, 0.5) is 0 Å². The average molecular weight is 154 g/mol. The highest BCUT2D eigenvalue weighted by Crippen LogP contribution is 2.47. The monoisotopic (exact) mass is 154 g/mol. The topological polar surface area (TPSA) is 26.3 Å². The highest BCUT2D eigenvalue weighted by atomic mass is 16.5. The van der Waals surface area contributed by atoms with E-state index >= 15 is 0 Å². The maximum atomic E-state index is 10.9. The third-order valence-corrected chi connectivity index (χ3v) is 3.01. The molecule has 0 N–H and O–H groups in total. The van der Waals surface area contributed by atoms with Crippen molar-refractivity contribution >= 4 is 5.97 Å². The van der Waals surface area contributed by atoms with Gasteiger partial charge in [0.05, 0.1) is 13.0 Å². The van der Waals surface area contributed by atoms with E-state index in [1.807, 2.05) is 0 Å². The minimum absolute atomic E-state index is 0.0131. The molecule has 1 aliphatic heterocycles. The fourth-order valence-electron chi connectivity index (χ4n) is 2.43. The summed E-state index contributed by atoms with van der Waals surface area (Å²) in [5.41, 5.74) is 0.260. The normalized spacial score (nSPS) is 43.4. The van der Waals surface area contributed by atoms with Crippen molar-refractivity contribution in [2.45, 2.75) is 32.6 Å². The van der Waals surface area contributed by atoms with Gasteiger partial charge < -0.3 is 4.74 Å². The van der Waals surface area contributed by atoms with Crippen LogP contribution in [-0.4, -0.2) is 12.6 Å². The summed E-state index contributed by atoms with van der Waals surface area (Å²) in [6.07, 6.45) is 4.34. The highest BCUT2D eigenvalue weighted by molar-refractivity contribution is 5.72. The van der Waals surface area contributed by atoms with Crippen LogP contribution in [0.5, 0.6) is 0 Å². The van der Waals surface area contributed by atoms with Crippen molar-refractivity contribution in [2.24, 2.45) is 11.3 Å². The van der Waals surface area contributed by atoms with Crippen LogP contribution < -0.4 is 0 Å². The van der Waals surface area contributed by atoms with E-state index in [9.17, 15) is 4.79 Å². The molecule has 0 aromatic rings. The van der Waals surface area contributed by atoms with Gasteiger partial charge in [-0.15, -0.1) is 0 Å². The van der Waals surface area contributed by atoms with Crippen LogP contribution in [0, 0.1) is 11.3 Å². The van der Waals surface area contributed by atoms with Gasteiger partial charge in [0.15, 0.2) is 0 Å². The molecule has 2 rings (SSSR count). The molecule has 2 nitrogen and oxygen atoms in total. The van der Waals surface area contributed by atoms with Gasteiger partial charge in [0.1, 0.15) is 0 Å². The van der Waals surface area contributed by atoms with Crippen LogP contribution in [0.15, 0.2) is 0 Å². The summed E-state index contributed by atoms with van der Waals surface area (Å²) in [4.78, 5) is 10.9. The Bertz CT molecular complexity index is 188. The molecule has 0 aromatic carbocycles. The number of ether oxygens (including phenoxy) is 1. The minimum atomic E-state index is 0.0131. The first-order chi connectivity index (χ1) is 5.20. The van der Waals surface area contributed by atoms with Crippen molar-refractivity contribution in [2.75, 3.05) is 6.61 Å². The van der Waals surface area contributed by atoms with E-state index in [0.717, 1.165) is 5.92 Å². The summed E-state index contributed by atoms with van der Waals surface area (Å²) in [6, 6.07) is 0. The SMILES string of the molecule is CC1CCC2(COC(=O)C2)C1. The summed E-state index contributed by atoms with van der Waals surface area (Å²) in [5.74, 6) is 0.809. The van der Waals surface area contributed by atoms with Gasteiger partial charge in [-0.05, 0) is 18.8 Å². The first-order valence-electron chi connectivity index (χ1n) is 4.36. The van der Waals surface area contributed by atoms with Crippen LogP contribution in [0.25, 0.3) is 0 Å². The molecule has 2 atom stereocenters. The lowest BCUT2D eigenvalue weighted by molar-refractivity contribution is -0.137. The van der Waals surface area contributed by atoms with Crippen LogP contribution in [-0.2, 0) is 9.53 Å². The Morgan fingerprint density at radius 3 is 2.91 bits per heavy atom. The van der Waals surface area contributed by atoms with Crippen molar-refractivity contribution in [3.05, 3.63) is 0 Å². The second-order valence-electron chi connectivity index (χ2n) is 4.19. The van der Waals surface area contributed by atoms with Gasteiger partial charge in [-0.2, -0.15) is 0 Å². The molecule has 2 fully saturated rings. The van der Waals surface area contributed by atoms with Gasteiger partial charge in [0, 0.05) is 5.41 Å². The van der Waals surface area contributed by atoms with E-state index in [2.05, 4.69) is 6.92 Å². The lowest BCUT2D eigenvalue weighted by Crippen LogP contribution is -2.16. The summed E-state index contributed by atoms with van der Waals surface area (Å²) < 4.78 is 5.00. The van der Waals surface area contributed by atoms with Crippen LogP contribution in [0.2, 0.25) is 0 Å². The van der Waals surface area contributed by atoms with Gasteiger partial charge >= 0.3 is 5.97 Å². The molecule has 2 aliphatic rings. The molecule has 11 heavy (non-hydrogen) atoms. The minimum Gasteiger partial charge on any atom is -0.465 e. The zero-order valence-electron chi connectivity index (χ0n) is 6.93. The Labute approximate surface area is 66.9 Å². The van der Waals surface area contributed by atoms with E-state index in [1.165, 1.54) is 19.3 Å². The van der Waals surface area contributed by atoms with E-state index in [1.54, 1.807) is 0 Å². The maximum Gasteiger partial charge on any atom is 0.306 e. The molecule has 0 radical (unpaired) electrons. The average Bonchev–Trinajstić information content (AvgIpc) is 2.44. The zero-order valence-corrected chi connectivity index (χ0v) is 6.93. The molecular weight excluding hydrogens is 140 g/mol. The number of carbonyl (C=O) groups excluding carboxylic acids is 1. The van der Waals surface area contributed by atoms with Gasteiger partial charge in [0.2, 0.25) is 0 Å². The number of cyclic esters (lactones) is 1. The lowest BCUT2D eigenvalue weighted by atomic mass is 9.85. The third kappa shape index (κ3) is 1.15. The van der Waals surface area contributed by atoms with Crippen molar-refractivity contribution in [1.82, 2.24) is 0 Å². The molecule has 2 unspecified atom stereocenters. The molecule has 2 heteroatoms. The molecule has 1 saturated heterocycles. The van der Waals surface area contributed by atoms with Gasteiger partial charge in [-0.25, -0.2) is 0 Å². The Kier molecular flexibility index (Phi) is 1.44. The quantitative estimate of drug-likeness (QED) is 0.497. The summed E-state index contributed by atoms with van der Waals surface area (Å²) in [7, 11) is 0. The van der Waals surface area contributed by atoms with Crippen molar-refractivity contribution in [3.8, 4) is 0 Å². The molecule has 0 bridgehead atoms. The Hall–Kier alpha value is -0.530. The van der Waals surface area contributed by atoms with E-state index in [4.69, 9.17) is 4.74 Å². The van der Waals surface area contributed by atoms with Gasteiger partial charge in [0.25, 0.3) is 0 Å². The van der Waals surface area contributed by atoms with E-state index in [0.29, 0.717) is 13.0 Å². The molecule has 1 spiro atoms. The molecule has 1 aliphatic carbocycles. The van der Waals surface area contributed by atoms with Crippen LogP contribution >= 0.6 is 0 Å². The predicted molar refractivity (Wildman–Crippen MR) is 41.0 cm³/mol. The van der Waals surface area contributed by atoms with Crippen LogP contribution in [0.1, 0.15) is 32.6 Å². The molecule has 62 valence electrons. The van der Waals surface area contributed by atoms with E-state index in [-0.39, 0.29) is 11.4 Å². The predicted octanol–water partition coefficient (Wildman–Crippen LogP) is 1.74. The molecule has 0 amide bonds. The summed E-state index contributed by atoms with van der Waals surface area (Å²) in [6.45, 7) is 2.95. The Morgan fingerprint density at radius 2 is 2.45 bits per heavy atom.